The maximum Gasteiger partial charge on any atom is 0.222 e. The van der Waals surface area contributed by atoms with Crippen molar-refractivity contribution in [1.82, 2.24) is 5.32 Å². The number of ether oxygens (including phenoxy) is 2. The average molecular weight is 450 g/mol. The molecule has 1 aliphatic rings. The first-order chi connectivity index (χ1) is 14.6. The van der Waals surface area contributed by atoms with Crippen LogP contribution in [0.1, 0.15) is 49.5 Å². The van der Waals surface area contributed by atoms with Gasteiger partial charge in [-0.15, -0.1) is 0 Å². The Kier molecular flexibility index (Phi) is 7.13. The molecule has 1 amide bonds. The van der Waals surface area contributed by atoms with Crippen LogP contribution < -0.4 is 5.32 Å². The standard InChI is InChI=1S/C23H28FNO5S/c1-23(25-22(26)12-13-29-2)14-20(16-4-8-18(24)9-5-16)30-21(15-23)17-6-10-19(11-7-17)31(3,27)28/h4-11,20-21H,12-15H2,1-3H3,(H,25,26)/t20-,21+,23+/m0/s1. The van der Waals surface area contributed by atoms with Gasteiger partial charge < -0.3 is 14.8 Å². The Morgan fingerprint density at radius 1 is 1.10 bits per heavy atom. The lowest BCUT2D eigenvalue weighted by atomic mass is 9.81. The number of hydrogen-bond acceptors (Lipinski definition) is 5. The van der Waals surface area contributed by atoms with Gasteiger partial charge in [-0.1, -0.05) is 24.3 Å². The van der Waals surface area contributed by atoms with Gasteiger partial charge in [-0.3, -0.25) is 4.79 Å². The fraction of sp³-hybridized carbons (Fsp3) is 0.435. The molecular weight excluding hydrogens is 421 g/mol. The van der Waals surface area contributed by atoms with E-state index in [1.165, 1.54) is 12.1 Å². The number of benzene rings is 2. The number of hydrogen-bond donors (Lipinski definition) is 1. The minimum Gasteiger partial charge on any atom is -0.384 e. The van der Waals surface area contributed by atoms with E-state index in [4.69, 9.17) is 9.47 Å². The normalized spacial score (nSPS) is 24.0. The molecule has 2 aromatic carbocycles. The third-order valence-corrected chi connectivity index (χ3v) is 6.63. The first kappa shape index (κ1) is 23.4. The maximum atomic E-state index is 13.4. The molecule has 1 aliphatic heterocycles. The summed E-state index contributed by atoms with van der Waals surface area (Å²) >= 11 is 0. The molecule has 1 N–H and O–H groups in total. The van der Waals surface area contributed by atoms with E-state index in [2.05, 4.69) is 5.32 Å². The molecule has 0 radical (unpaired) electrons. The largest absolute Gasteiger partial charge is 0.384 e. The third kappa shape index (κ3) is 6.12. The predicted molar refractivity (Wildman–Crippen MR) is 115 cm³/mol. The molecule has 1 fully saturated rings. The summed E-state index contributed by atoms with van der Waals surface area (Å²) in [4.78, 5) is 12.6. The molecule has 31 heavy (non-hydrogen) atoms. The maximum absolute atomic E-state index is 13.4. The number of rotatable bonds is 7. The van der Waals surface area contributed by atoms with Crippen molar-refractivity contribution in [3.05, 3.63) is 65.5 Å². The molecule has 0 aliphatic carbocycles. The Morgan fingerprint density at radius 3 is 2.10 bits per heavy atom. The van der Waals surface area contributed by atoms with Crippen molar-refractivity contribution >= 4 is 15.7 Å². The number of nitrogens with one attached hydrogen (secondary N) is 1. The predicted octanol–water partition coefficient (Wildman–Crippen LogP) is 3.73. The van der Waals surface area contributed by atoms with Crippen LogP contribution in [0.4, 0.5) is 4.39 Å². The lowest BCUT2D eigenvalue weighted by Crippen LogP contribution is -2.51. The smallest absolute Gasteiger partial charge is 0.222 e. The van der Waals surface area contributed by atoms with E-state index >= 15 is 0 Å². The second-order valence-corrected chi connectivity index (χ2v) is 10.3. The molecule has 1 saturated heterocycles. The average Bonchev–Trinajstić information content (AvgIpc) is 2.71. The van der Waals surface area contributed by atoms with Gasteiger partial charge in [0.15, 0.2) is 9.84 Å². The fourth-order valence-corrected chi connectivity index (χ4v) is 4.52. The summed E-state index contributed by atoms with van der Waals surface area (Å²) in [5, 5.41) is 3.11. The Hall–Kier alpha value is -2.29. The highest BCUT2D eigenvalue weighted by Gasteiger charge is 2.40. The quantitative estimate of drug-likeness (QED) is 0.697. The lowest BCUT2D eigenvalue weighted by Gasteiger charge is -2.43. The summed E-state index contributed by atoms with van der Waals surface area (Å²) in [5.74, 6) is -0.446. The molecular formula is C23H28FNO5S. The van der Waals surface area contributed by atoms with Crippen molar-refractivity contribution in [1.29, 1.82) is 0 Å². The fourth-order valence-electron chi connectivity index (χ4n) is 3.89. The second-order valence-electron chi connectivity index (χ2n) is 8.27. The van der Waals surface area contributed by atoms with Crippen LogP contribution in [-0.2, 0) is 24.1 Å². The zero-order chi connectivity index (χ0) is 22.6. The summed E-state index contributed by atoms with van der Waals surface area (Å²) < 4.78 is 48.3. The van der Waals surface area contributed by atoms with Gasteiger partial charge in [0.25, 0.3) is 0 Å². The van der Waals surface area contributed by atoms with E-state index in [0.717, 1.165) is 17.4 Å². The van der Waals surface area contributed by atoms with Crippen molar-refractivity contribution < 1.29 is 27.1 Å². The second kappa shape index (κ2) is 9.46. The lowest BCUT2D eigenvalue weighted by molar-refractivity contribution is -0.129. The van der Waals surface area contributed by atoms with Crippen LogP contribution in [0.5, 0.6) is 0 Å². The molecule has 1 heterocycles. The third-order valence-electron chi connectivity index (χ3n) is 5.50. The van der Waals surface area contributed by atoms with Crippen LogP contribution in [0.15, 0.2) is 53.4 Å². The molecule has 0 unspecified atom stereocenters. The first-order valence-corrected chi connectivity index (χ1v) is 12.0. The van der Waals surface area contributed by atoms with E-state index in [-0.39, 0.29) is 35.2 Å². The summed E-state index contributed by atoms with van der Waals surface area (Å²) in [7, 11) is -1.76. The van der Waals surface area contributed by atoms with Gasteiger partial charge in [0.1, 0.15) is 5.82 Å². The van der Waals surface area contributed by atoms with Gasteiger partial charge in [0.2, 0.25) is 5.91 Å². The first-order valence-electron chi connectivity index (χ1n) is 10.1. The van der Waals surface area contributed by atoms with Gasteiger partial charge in [-0.05, 0) is 42.3 Å². The molecule has 8 heteroatoms. The number of methoxy groups -OCH3 is 1. The van der Waals surface area contributed by atoms with Crippen molar-refractivity contribution in [2.45, 2.75) is 48.8 Å². The summed E-state index contributed by atoms with van der Waals surface area (Å²) in [5.41, 5.74) is 1.07. The summed E-state index contributed by atoms with van der Waals surface area (Å²) in [6, 6.07) is 12.7. The molecule has 2 aromatic rings. The Balaban J connectivity index is 1.88. The van der Waals surface area contributed by atoms with Crippen LogP contribution in [0.2, 0.25) is 0 Å². The molecule has 0 saturated carbocycles. The van der Waals surface area contributed by atoms with Gasteiger partial charge >= 0.3 is 0 Å². The zero-order valence-electron chi connectivity index (χ0n) is 17.9. The summed E-state index contributed by atoms with van der Waals surface area (Å²) in [6.07, 6.45) is 1.72. The van der Waals surface area contributed by atoms with Gasteiger partial charge in [0, 0.05) is 38.2 Å². The minimum absolute atomic E-state index is 0.115. The SMILES string of the molecule is COCCC(=O)N[C@]1(C)C[C@@H](c2ccc(F)cc2)O[C@@H](c2ccc(S(C)(=O)=O)cc2)C1. The van der Waals surface area contributed by atoms with Crippen molar-refractivity contribution in [2.24, 2.45) is 0 Å². The van der Waals surface area contributed by atoms with Crippen LogP contribution in [0.25, 0.3) is 0 Å². The van der Waals surface area contributed by atoms with E-state index in [0.29, 0.717) is 19.4 Å². The van der Waals surface area contributed by atoms with Crippen LogP contribution in [0, 0.1) is 5.82 Å². The Labute approximate surface area is 182 Å². The molecule has 6 nitrogen and oxygen atoms in total. The number of halogens is 1. The van der Waals surface area contributed by atoms with Gasteiger partial charge in [-0.2, -0.15) is 0 Å². The van der Waals surface area contributed by atoms with E-state index in [1.807, 2.05) is 6.92 Å². The Bertz CT molecular complexity index is 1010. The molecule has 3 atom stereocenters. The van der Waals surface area contributed by atoms with Gasteiger partial charge in [-0.25, -0.2) is 12.8 Å². The Morgan fingerprint density at radius 2 is 1.61 bits per heavy atom. The van der Waals surface area contributed by atoms with Crippen molar-refractivity contribution in [3.8, 4) is 0 Å². The van der Waals surface area contributed by atoms with E-state index in [9.17, 15) is 17.6 Å². The highest BCUT2D eigenvalue weighted by molar-refractivity contribution is 7.90. The topological polar surface area (TPSA) is 81.7 Å². The highest BCUT2D eigenvalue weighted by Crippen LogP contribution is 2.43. The van der Waals surface area contributed by atoms with Crippen molar-refractivity contribution in [3.63, 3.8) is 0 Å². The molecule has 168 valence electrons. The number of carbonyl (C=O) groups excluding carboxylic acids is 1. The monoisotopic (exact) mass is 449 g/mol. The molecule has 0 bridgehead atoms. The molecule has 0 spiro atoms. The molecule has 0 aromatic heterocycles. The van der Waals surface area contributed by atoms with Crippen LogP contribution in [-0.4, -0.2) is 39.8 Å². The highest BCUT2D eigenvalue weighted by atomic mass is 32.2. The minimum atomic E-state index is -3.30. The zero-order valence-corrected chi connectivity index (χ0v) is 18.7. The van der Waals surface area contributed by atoms with Crippen LogP contribution in [0.3, 0.4) is 0 Å². The molecule has 3 rings (SSSR count). The van der Waals surface area contributed by atoms with Gasteiger partial charge in [0.05, 0.1) is 23.7 Å². The van der Waals surface area contributed by atoms with E-state index < -0.39 is 15.4 Å². The summed E-state index contributed by atoms with van der Waals surface area (Å²) in [6.45, 7) is 2.30. The number of sulfone groups is 1. The van der Waals surface area contributed by atoms with Crippen molar-refractivity contribution in [2.75, 3.05) is 20.0 Å². The number of carbonyl (C=O) groups is 1. The van der Waals surface area contributed by atoms with Crippen LogP contribution >= 0.6 is 0 Å². The number of amides is 1. The van der Waals surface area contributed by atoms with E-state index in [1.54, 1.807) is 43.5 Å².